The van der Waals surface area contributed by atoms with E-state index in [-0.39, 0.29) is 5.28 Å². The Balaban J connectivity index is 2.18. The van der Waals surface area contributed by atoms with Gasteiger partial charge < -0.3 is 9.64 Å². The number of nitrogens with zero attached hydrogens (tertiary/aromatic N) is 3. The molecule has 21 heavy (non-hydrogen) atoms. The SMILES string of the molecule is COc1ccc2c(N(C)c3ccccc3)nc(Cl)nc2c1. The molecule has 0 saturated heterocycles. The second kappa shape index (κ2) is 5.58. The minimum absolute atomic E-state index is 0.216. The topological polar surface area (TPSA) is 38.2 Å². The number of ether oxygens (including phenoxy) is 1. The highest BCUT2D eigenvalue weighted by Gasteiger charge is 2.13. The highest BCUT2D eigenvalue weighted by molar-refractivity contribution is 6.28. The molecule has 0 aliphatic heterocycles. The summed E-state index contributed by atoms with van der Waals surface area (Å²) in [5, 5.41) is 1.14. The first-order valence-electron chi connectivity index (χ1n) is 6.49. The number of benzene rings is 2. The van der Waals surface area contributed by atoms with Crippen molar-refractivity contribution in [3.05, 3.63) is 53.8 Å². The van der Waals surface area contributed by atoms with Crippen LogP contribution >= 0.6 is 11.6 Å². The maximum atomic E-state index is 6.06. The van der Waals surface area contributed by atoms with Gasteiger partial charge in [-0.2, -0.15) is 4.98 Å². The number of para-hydroxylation sites is 1. The number of fused-ring (bicyclic) bond motifs is 1. The molecule has 0 amide bonds. The monoisotopic (exact) mass is 299 g/mol. The smallest absolute Gasteiger partial charge is 0.224 e. The molecule has 1 heterocycles. The molecule has 0 unspecified atom stereocenters. The van der Waals surface area contributed by atoms with Gasteiger partial charge in [0.05, 0.1) is 12.6 Å². The van der Waals surface area contributed by atoms with Crippen molar-refractivity contribution in [2.24, 2.45) is 0 Å². The van der Waals surface area contributed by atoms with E-state index in [1.165, 1.54) is 0 Å². The fraction of sp³-hybridized carbons (Fsp3) is 0.125. The minimum atomic E-state index is 0.216. The molecule has 2 aromatic carbocycles. The summed E-state index contributed by atoms with van der Waals surface area (Å²) in [7, 11) is 3.58. The summed E-state index contributed by atoms with van der Waals surface area (Å²) < 4.78 is 5.23. The lowest BCUT2D eigenvalue weighted by molar-refractivity contribution is 0.415. The van der Waals surface area contributed by atoms with Crippen LogP contribution in [0.25, 0.3) is 10.9 Å². The lowest BCUT2D eigenvalue weighted by Gasteiger charge is -2.20. The van der Waals surface area contributed by atoms with Crippen molar-refractivity contribution in [1.29, 1.82) is 0 Å². The Labute approximate surface area is 128 Å². The van der Waals surface area contributed by atoms with Crippen LogP contribution in [0.3, 0.4) is 0 Å². The summed E-state index contributed by atoms with van der Waals surface area (Å²) in [6, 6.07) is 15.7. The van der Waals surface area contributed by atoms with E-state index in [9.17, 15) is 0 Å². The van der Waals surface area contributed by atoms with Gasteiger partial charge in [-0.1, -0.05) is 18.2 Å². The fourth-order valence-electron chi connectivity index (χ4n) is 2.22. The van der Waals surface area contributed by atoms with Crippen LogP contribution in [-0.2, 0) is 0 Å². The molecular formula is C16H14ClN3O. The van der Waals surface area contributed by atoms with E-state index in [2.05, 4.69) is 9.97 Å². The summed E-state index contributed by atoms with van der Waals surface area (Å²) in [6.45, 7) is 0. The Morgan fingerprint density at radius 1 is 1.05 bits per heavy atom. The van der Waals surface area contributed by atoms with Gasteiger partial charge in [0.2, 0.25) is 5.28 Å². The first kappa shape index (κ1) is 13.6. The van der Waals surface area contributed by atoms with Gasteiger partial charge in [-0.25, -0.2) is 4.98 Å². The molecule has 4 nitrogen and oxygen atoms in total. The van der Waals surface area contributed by atoms with Crippen molar-refractivity contribution in [1.82, 2.24) is 9.97 Å². The van der Waals surface area contributed by atoms with E-state index >= 15 is 0 Å². The number of halogens is 1. The summed E-state index contributed by atoms with van der Waals surface area (Å²) in [5.41, 5.74) is 1.79. The van der Waals surface area contributed by atoms with Gasteiger partial charge in [-0.05, 0) is 35.9 Å². The molecule has 0 aliphatic carbocycles. The van der Waals surface area contributed by atoms with Crippen LogP contribution in [0.5, 0.6) is 5.75 Å². The van der Waals surface area contributed by atoms with Gasteiger partial charge in [-0.3, -0.25) is 0 Å². The van der Waals surface area contributed by atoms with Gasteiger partial charge in [0.15, 0.2) is 0 Å². The predicted octanol–water partition coefficient (Wildman–Crippen LogP) is 4.06. The molecule has 5 heteroatoms. The Bertz CT molecular complexity index is 777. The highest BCUT2D eigenvalue weighted by atomic mass is 35.5. The molecule has 106 valence electrons. The molecule has 1 aromatic heterocycles. The fourth-order valence-corrected chi connectivity index (χ4v) is 2.39. The van der Waals surface area contributed by atoms with Crippen molar-refractivity contribution < 1.29 is 4.74 Å². The summed E-state index contributed by atoms with van der Waals surface area (Å²) in [6.07, 6.45) is 0. The van der Waals surface area contributed by atoms with Gasteiger partial charge in [0.25, 0.3) is 0 Å². The highest BCUT2D eigenvalue weighted by Crippen LogP contribution is 2.31. The number of rotatable bonds is 3. The molecule has 3 aromatic rings. The minimum Gasteiger partial charge on any atom is -0.497 e. The molecule has 0 spiro atoms. The predicted molar refractivity (Wildman–Crippen MR) is 85.6 cm³/mol. The van der Waals surface area contributed by atoms with E-state index < -0.39 is 0 Å². The maximum absolute atomic E-state index is 6.06. The number of methoxy groups -OCH3 is 1. The van der Waals surface area contributed by atoms with E-state index in [4.69, 9.17) is 16.3 Å². The van der Waals surface area contributed by atoms with Gasteiger partial charge in [0.1, 0.15) is 11.6 Å². The number of hydrogen-bond acceptors (Lipinski definition) is 4. The number of hydrogen-bond donors (Lipinski definition) is 0. The number of aromatic nitrogens is 2. The molecule has 0 radical (unpaired) electrons. The Morgan fingerprint density at radius 2 is 1.81 bits per heavy atom. The molecule has 0 saturated carbocycles. The third-order valence-corrected chi connectivity index (χ3v) is 3.49. The van der Waals surface area contributed by atoms with Gasteiger partial charge in [-0.15, -0.1) is 0 Å². The molecule has 0 aliphatic rings. The van der Waals surface area contributed by atoms with Crippen molar-refractivity contribution in [3.63, 3.8) is 0 Å². The summed E-state index contributed by atoms with van der Waals surface area (Å²) in [4.78, 5) is 10.6. The molecular weight excluding hydrogens is 286 g/mol. The van der Waals surface area contributed by atoms with Gasteiger partial charge in [0, 0.05) is 24.2 Å². The largest absolute Gasteiger partial charge is 0.497 e. The standard InChI is InChI=1S/C16H14ClN3O/c1-20(11-6-4-3-5-7-11)15-13-9-8-12(21-2)10-14(13)18-16(17)19-15/h3-10H,1-2H3. The van der Waals surface area contributed by atoms with E-state index in [0.717, 1.165) is 28.2 Å². The second-order valence-electron chi connectivity index (χ2n) is 4.59. The van der Waals surface area contributed by atoms with Crippen LogP contribution in [0.15, 0.2) is 48.5 Å². The van der Waals surface area contributed by atoms with E-state index in [1.807, 2.05) is 60.5 Å². The zero-order chi connectivity index (χ0) is 14.8. The molecule has 0 N–H and O–H groups in total. The van der Waals surface area contributed by atoms with Crippen LogP contribution in [-0.4, -0.2) is 24.1 Å². The van der Waals surface area contributed by atoms with Crippen LogP contribution in [0.2, 0.25) is 5.28 Å². The van der Waals surface area contributed by atoms with Crippen LogP contribution in [0, 0.1) is 0 Å². The summed E-state index contributed by atoms with van der Waals surface area (Å²) in [5.74, 6) is 1.50. The quantitative estimate of drug-likeness (QED) is 0.684. The van der Waals surface area contributed by atoms with Crippen molar-refractivity contribution in [2.75, 3.05) is 19.1 Å². The van der Waals surface area contributed by atoms with Gasteiger partial charge >= 0.3 is 0 Å². The first-order valence-corrected chi connectivity index (χ1v) is 6.87. The van der Waals surface area contributed by atoms with Crippen molar-refractivity contribution >= 4 is 34.0 Å². The Kier molecular flexibility index (Phi) is 3.62. The average Bonchev–Trinajstić information content (AvgIpc) is 2.53. The van der Waals surface area contributed by atoms with E-state index in [0.29, 0.717) is 0 Å². The maximum Gasteiger partial charge on any atom is 0.224 e. The van der Waals surface area contributed by atoms with E-state index in [1.54, 1.807) is 7.11 Å². The molecule has 0 atom stereocenters. The number of anilines is 2. The zero-order valence-electron chi connectivity index (χ0n) is 11.7. The Hall–Kier alpha value is -2.33. The first-order chi connectivity index (χ1) is 10.2. The zero-order valence-corrected chi connectivity index (χ0v) is 12.5. The van der Waals surface area contributed by atoms with Crippen molar-refractivity contribution in [3.8, 4) is 5.75 Å². The molecule has 3 rings (SSSR count). The third-order valence-electron chi connectivity index (χ3n) is 3.32. The molecule has 0 fully saturated rings. The van der Waals surface area contributed by atoms with Crippen LogP contribution < -0.4 is 9.64 Å². The third kappa shape index (κ3) is 2.62. The lowest BCUT2D eigenvalue weighted by atomic mass is 10.2. The lowest BCUT2D eigenvalue weighted by Crippen LogP contribution is -2.12. The Morgan fingerprint density at radius 3 is 2.52 bits per heavy atom. The summed E-state index contributed by atoms with van der Waals surface area (Å²) >= 11 is 6.06. The van der Waals surface area contributed by atoms with Crippen LogP contribution in [0.1, 0.15) is 0 Å². The normalized spacial score (nSPS) is 10.6. The molecule has 0 bridgehead atoms. The average molecular weight is 300 g/mol. The second-order valence-corrected chi connectivity index (χ2v) is 4.93. The van der Waals surface area contributed by atoms with Crippen molar-refractivity contribution in [2.45, 2.75) is 0 Å². The van der Waals surface area contributed by atoms with Crippen LogP contribution in [0.4, 0.5) is 11.5 Å².